The first-order valence-corrected chi connectivity index (χ1v) is 50.0. The van der Waals surface area contributed by atoms with Crippen molar-refractivity contribution in [2.45, 2.75) is 155 Å². The third-order valence-electron chi connectivity index (χ3n) is 22.4. The summed E-state index contributed by atoms with van der Waals surface area (Å²) in [6.07, 6.45) is -7.47. The standard InChI is InChI=1S/C23H23Cl2N3O3S.C22H17Cl2F6N3O.C22H22ClF3N4O3S.C21H19Cl2F3N4O3S/c1-32(30,31)11-3-10-26-18(13-15-12-16(24)6-9-20(15)26)14-27-21-5-2-4-19(25)22(21)28(23(27)29)17-7-8-17;23-14-5-6-17-13(9-14)10-15(31(17)8-2-7-21(25,26)27)11-32-18-4-1-3-16(24)19(18)33(20(32)34)12-22(28,29)30;1-14-10-27-11-19-20(14)30(13-22(24,25)26)21(31)29(19)12-17-9-15-8-16(23)4-5-18(15)28(17)6-3-7-34(2,32)33;1-34(32,33)6-2-5-28-15(8-13-7-14(22)3-4-17(13)28)11-29-18-10-27-9-16(23)19(18)30(20(29)31)12-21(24,25)26/h2,4-6,9,12-13,17H,3,7-8,10-11,14H2,1H3;1,3-6,9-10H,2,7-8,11-12H2;4-5,8-11H,3,6-7,12-13H2,1-2H3;3-4,7-10H,2,5-6,11-12H2,1H3. The summed E-state index contributed by atoms with van der Waals surface area (Å²) in [7, 11) is -9.41. The zero-order valence-corrected chi connectivity index (χ0v) is 78.9. The molecule has 0 aliphatic heterocycles. The highest BCUT2D eigenvalue weighted by Crippen LogP contribution is 2.40. The fourth-order valence-electron chi connectivity index (χ4n) is 16.9. The van der Waals surface area contributed by atoms with Gasteiger partial charge in [-0.25, -0.2) is 44.4 Å². The molecule has 16 aromatic rings. The monoisotopic (exact) mass is 2060 g/mol. The lowest BCUT2D eigenvalue weighted by molar-refractivity contribution is -0.141. The lowest BCUT2D eigenvalue weighted by Crippen LogP contribution is -2.30. The van der Waals surface area contributed by atoms with Gasteiger partial charge < -0.3 is 18.3 Å². The van der Waals surface area contributed by atoms with Crippen LogP contribution in [0.2, 0.25) is 35.2 Å². The van der Waals surface area contributed by atoms with Crippen molar-refractivity contribution in [2.75, 3.05) is 36.0 Å². The number of nitrogens with zero attached hydrogens (tertiary/aromatic N) is 14. The third-order valence-corrected chi connectivity index (χ3v) is 27.4. The smallest absolute Gasteiger partial charge is 0.343 e. The summed E-state index contributed by atoms with van der Waals surface area (Å²) in [5.74, 6) is 0.0496. The minimum atomic E-state index is -4.66. The molecule has 17 rings (SSSR count). The van der Waals surface area contributed by atoms with E-state index in [1.54, 1.807) is 82.8 Å². The molecule has 0 bridgehead atoms. The molecule has 0 spiro atoms. The molecule has 24 nitrogen and oxygen atoms in total. The number of imidazole rings is 4. The summed E-state index contributed by atoms with van der Waals surface area (Å²) in [5, 5.41) is 5.66. The number of benzene rings is 6. The van der Waals surface area contributed by atoms with Crippen molar-refractivity contribution >= 4 is 198 Å². The fraction of sp³-hybridized carbons (Fsp3) is 0.341. The van der Waals surface area contributed by atoms with Gasteiger partial charge in [-0.05, 0) is 172 Å². The average molecular weight is 2070 g/mol. The van der Waals surface area contributed by atoms with Gasteiger partial charge in [-0.2, -0.15) is 52.7 Å². The second kappa shape index (κ2) is 39.2. The van der Waals surface area contributed by atoms with E-state index in [1.165, 1.54) is 58.4 Å². The van der Waals surface area contributed by atoms with Crippen molar-refractivity contribution in [1.29, 1.82) is 0 Å². The first-order valence-electron chi connectivity index (χ1n) is 41.2. The molecule has 10 heterocycles. The number of para-hydroxylation sites is 2. The number of hydrogen-bond acceptors (Lipinski definition) is 12. The number of aromatic nitrogens is 14. The largest absolute Gasteiger partial charge is 0.406 e. The van der Waals surface area contributed by atoms with Crippen molar-refractivity contribution in [3.8, 4) is 0 Å². The summed E-state index contributed by atoms with van der Waals surface area (Å²) in [4.78, 5) is 60.7. The maximum absolute atomic E-state index is 13.4. The number of sulfone groups is 3. The van der Waals surface area contributed by atoms with E-state index in [0.29, 0.717) is 119 Å². The first kappa shape index (κ1) is 99.9. The van der Waals surface area contributed by atoms with Crippen LogP contribution in [0, 0.1) is 6.92 Å². The highest BCUT2D eigenvalue weighted by molar-refractivity contribution is 7.91. The maximum atomic E-state index is 13.4. The molecule has 134 heavy (non-hydrogen) atoms. The number of rotatable bonds is 27. The van der Waals surface area contributed by atoms with Crippen LogP contribution in [0.15, 0.2) is 177 Å². The van der Waals surface area contributed by atoms with Crippen molar-refractivity contribution in [2.24, 2.45) is 0 Å². The Labute approximate surface area is 789 Å². The molecular weight excluding hydrogens is 1990 g/mol. The third kappa shape index (κ3) is 23.4. The lowest BCUT2D eigenvalue weighted by Gasteiger charge is -2.13. The summed E-state index contributed by atoms with van der Waals surface area (Å²) >= 11 is 43.3. The lowest BCUT2D eigenvalue weighted by atomic mass is 10.2. The Morgan fingerprint density at radius 1 is 0.328 bits per heavy atom. The quantitative estimate of drug-likeness (QED) is 0.0436. The van der Waals surface area contributed by atoms with Crippen molar-refractivity contribution in [3.63, 3.8) is 0 Å². The van der Waals surface area contributed by atoms with Crippen LogP contribution in [-0.4, -0.2) is 151 Å². The molecule has 1 aliphatic carbocycles. The Hall–Kier alpha value is -10.1. The van der Waals surface area contributed by atoms with Gasteiger partial charge in [0.2, 0.25) is 0 Å². The molecule has 1 fully saturated rings. The van der Waals surface area contributed by atoms with Crippen molar-refractivity contribution < 1.29 is 77.9 Å². The highest BCUT2D eigenvalue weighted by Gasteiger charge is 2.37. The molecule has 0 amide bonds. The summed E-state index contributed by atoms with van der Waals surface area (Å²) < 4.78 is 243. The van der Waals surface area contributed by atoms with Crippen LogP contribution in [0.1, 0.15) is 79.3 Å². The highest BCUT2D eigenvalue weighted by atomic mass is 35.5. The van der Waals surface area contributed by atoms with E-state index in [-0.39, 0.29) is 99.2 Å². The van der Waals surface area contributed by atoms with Gasteiger partial charge in [-0.1, -0.05) is 93.3 Å². The minimum absolute atomic E-state index is 0.00330. The molecule has 714 valence electrons. The van der Waals surface area contributed by atoms with E-state index in [0.717, 1.165) is 83.9 Å². The molecule has 0 saturated heterocycles. The number of hydrogen-bond donors (Lipinski definition) is 0. The van der Waals surface area contributed by atoms with E-state index in [1.807, 2.05) is 62.2 Å². The van der Waals surface area contributed by atoms with Crippen LogP contribution in [0.3, 0.4) is 0 Å². The van der Waals surface area contributed by atoms with Crippen molar-refractivity contribution in [1.82, 2.24) is 64.8 Å². The zero-order valence-electron chi connectivity index (χ0n) is 71.2. The molecule has 0 radical (unpaired) electrons. The van der Waals surface area contributed by atoms with Gasteiger partial charge in [-0.15, -0.1) is 0 Å². The molecule has 0 N–H and O–H groups in total. The summed E-state index contributed by atoms with van der Waals surface area (Å²) in [6.45, 7) is -1.52. The second-order valence-corrected chi connectivity index (χ2v) is 42.6. The summed E-state index contributed by atoms with van der Waals surface area (Å²) in [5.41, 5.74) is 5.81. The number of alkyl halides is 12. The average Bonchev–Trinajstić information content (AvgIpc) is 1.59. The Kier molecular flexibility index (Phi) is 29.2. The zero-order chi connectivity index (χ0) is 97.1. The maximum Gasteiger partial charge on any atom is 0.406 e. The normalized spacial score (nSPS) is 13.2. The Morgan fingerprint density at radius 3 is 0.978 bits per heavy atom. The van der Waals surface area contributed by atoms with Gasteiger partial charge in [0.1, 0.15) is 49.1 Å². The molecule has 0 unspecified atom stereocenters. The predicted molar refractivity (Wildman–Crippen MR) is 499 cm³/mol. The van der Waals surface area contributed by atoms with Gasteiger partial charge in [-0.3, -0.25) is 46.5 Å². The molecule has 46 heteroatoms. The predicted octanol–water partition coefficient (Wildman–Crippen LogP) is 20.6. The molecule has 1 saturated carbocycles. The molecule has 6 aromatic carbocycles. The minimum Gasteiger partial charge on any atom is -0.343 e. The fourth-order valence-corrected chi connectivity index (χ4v) is 20.3. The Bertz CT molecular complexity index is 7640. The number of fused-ring (bicyclic) bond motifs is 8. The van der Waals surface area contributed by atoms with Crippen LogP contribution in [0.4, 0.5) is 52.7 Å². The van der Waals surface area contributed by atoms with Crippen LogP contribution >= 0.6 is 81.2 Å². The second-order valence-electron chi connectivity index (χ2n) is 32.8. The number of halogens is 19. The van der Waals surface area contributed by atoms with Crippen LogP contribution in [0.25, 0.3) is 87.7 Å². The van der Waals surface area contributed by atoms with E-state index >= 15 is 0 Å². The van der Waals surface area contributed by atoms with Gasteiger partial charge in [0.05, 0.1) is 115 Å². The van der Waals surface area contributed by atoms with Gasteiger partial charge in [0.15, 0.2) is 0 Å². The molecule has 0 atom stereocenters. The van der Waals surface area contributed by atoms with Crippen LogP contribution < -0.4 is 22.8 Å². The van der Waals surface area contributed by atoms with Crippen LogP contribution in [-0.2, 0) is 102 Å². The molecule has 10 aromatic heterocycles. The number of aryl methyl sites for hydroxylation is 5. The summed E-state index contributed by atoms with van der Waals surface area (Å²) in [6, 6.07) is 38.4. The van der Waals surface area contributed by atoms with E-state index in [4.69, 9.17) is 81.2 Å². The van der Waals surface area contributed by atoms with Crippen LogP contribution in [0.5, 0.6) is 0 Å². The van der Waals surface area contributed by atoms with E-state index < -0.39 is 97.3 Å². The van der Waals surface area contributed by atoms with Gasteiger partial charge >= 0.3 is 47.5 Å². The topological polar surface area (TPSA) is 256 Å². The van der Waals surface area contributed by atoms with E-state index in [2.05, 4.69) is 14.5 Å². The van der Waals surface area contributed by atoms with Gasteiger partial charge in [0.25, 0.3) is 0 Å². The first-order chi connectivity index (χ1) is 62.7. The number of pyridine rings is 2. The van der Waals surface area contributed by atoms with Gasteiger partial charge in [0, 0.05) is 156 Å². The SMILES string of the molecule is CS(=O)(=O)CCCn1c(Cn2c(=O)n(C3CC3)c3c(Cl)cccc32)cc2cc(Cl)ccc21.CS(=O)(=O)CCCn1c(Cn2c(=O)n(CC(F)(F)F)c3c(Cl)cncc32)cc2cc(Cl)ccc21.Cc1cncc2c1n(CC(F)(F)F)c(=O)n2Cc1cc2cc(Cl)ccc2n1CCCS(C)(=O)=O.O=c1n(Cc2cc3cc(Cl)ccc3n2CCCC(F)(F)F)c2cccc(Cl)c2n1CC(F)(F)F. The van der Waals surface area contributed by atoms with E-state index in [9.17, 15) is 97.1 Å². The Morgan fingerprint density at radius 2 is 0.634 bits per heavy atom. The molecular formula is C88H81Cl7F12N14O10S3. The van der Waals surface area contributed by atoms with Crippen molar-refractivity contribution in [3.05, 3.63) is 264 Å². The Balaban J connectivity index is 0.000000143. The molecule has 1 aliphatic rings.